The number of esters is 1. The van der Waals surface area contributed by atoms with Crippen LogP contribution in [-0.2, 0) is 9.53 Å². The van der Waals surface area contributed by atoms with Crippen LogP contribution in [0.25, 0.3) is 0 Å². The molecule has 0 aromatic carbocycles. The zero-order valence-electron chi connectivity index (χ0n) is 15.4. The second-order valence-corrected chi connectivity index (χ2v) is 9.35. The Kier molecular flexibility index (Phi) is 3.87. The molecule has 3 saturated carbocycles. The van der Waals surface area contributed by atoms with Crippen LogP contribution in [0.5, 0.6) is 0 Å². The Morgan fingerprint density at radius 2 is 1.96 bits per heavy atom. The van der Waals surface area contributed by atoms with E-state index in [4.69, 9.17) is 4.74 Å². The van der Waals surface area contributed by atoms with Gasteiger partial charge in [0.2, 0.25) is 0 Å². The maximum atomic E-state index is 12.3. The Balaban J connectivity index is 1.64. The monoisotopic (exact) mass is 332 g/mol. The average molecular weight is 332 g/mol. The summed E-state index contributed by atoms with van der Waals surface area (Å²) in [5, 5.41) is 10.1. The Bertz CT molecular complexity index is 567. The van der Waals surface area contributed by atoms with Gasteiger partial charge in [-0.15, -0.1) is 0 Å². The summed E-state index contributed by atoms with van der Waals surface area (Å²) in [6.45, 7) is 4.81. The largest absolute Gasteiger partial charge is 0.469 e. The smallest absolute Gasteiger partial charge is 0.309 e. The van der Waals surface area contributed by atoms with Crippen LogP contribution in [0.3, 0.4) is 0 Å². The lowest BCUT2D eigenvalue weighted by Crippen LogP contribution is -2.51. The Hall–Kier alpha value is -0.830. The highest BCUT2D eigenvalue weighted by molar-refractivity contribution is 5.73. The number of methoxy groups -OCH3 is 1. The number of aliphatic hydroxyl groups excluding tert-OH is 1. The van der Waals surface area contributed by atoms with E-state index in [1.165, 1.54) is 25.5 Å². The van der Waals surface area contributed by atoms with Crippen molar-refractivity contribution < 1.29 is 14.6 Å². The normalized spacial score (nSPS) is 50.3. The fourth-order valence-electron chi connectivity index (χ4n) is 7.17. The summed E-state index contributed by atoms with van der Waals surface area (Å²) in [5.74, 6) is 2.21. The summed E-state index contributed by atoms with van der Waals surface area (Å²) in [6, 6.07) is 0. The third-order valence-electron chi connectivity index (χ3n) is 8.56. The molecule has 0 spiro atoms. The van der Waals surface area contributed by atoms with Gasteiger partial charge in [-0.1, -0.05) is 25.5 Å². The molecule has 7 atom stereocenters. The molecule has 134 valence electrons. The van der Waals surface area contributed by atoms with Crippen molar-refractivity contribution in [3.8, 4) is 0 Å². The minimum absolute atomic E-state index is 0.0116. The quantitative estimate of drug-likeness (QED) is 0.581. The lowest BCUT2D eigenvalue weighted by Gasteiger charge is -2.57. The first kappa shape index (κ1) is 16.6. The summed E-state index contributed by atoms with van der Waals surface area (Å²) in [5.41, 5.74) is 1.94. The standard InChI is InChI=1S/C21H32O3/c1-20-10-8-14(22)12-13(20)4-5-15-16-6-7-18(19(23)24-3)21(16,2)11-9-17(15)20/h4,14-18,22H,5-12H2,1-3H3/t14-,15+,16-,17+,18+,20-,21+/m0/s1. The van der Waals surface area contributed by atoms with Crippen LogP contribution in [0.1, 0.15) is 65.2 Å². The fourth-order valence-corrected chi connectivity index (χ4v) is 7.17. The molecule has 24 heavy (non-hydrogen) atoms. The van der Waals surface area contributed by atoms with Gasteiger partial charge in [-0.3, -0.25) is 4.79 Å². The van der Waals surface area contributed by atoms with Gasteiger partial charge in [0.05, 0.1) is 19.1 Å². The Labute approximate surface area is 145 Å². The fraction of sp³-hybridized carbons (Fsp3) is 0.857. The van der Waals surface area contributed by atoms with Crippen molar-refractivity contribution in [1.82, 2.24) is 0 Å². The summed E-state index contributed by atoms with van der Waals surface area (Å²) in [4.78, 5) is 12.3. The van der Waals surface area contributed by atoms with Crippen LogP contribution < -0.4 is 0 Å². The lowest BCUT2D eigenvalue weighted by molar-refractivity contribution is -0.152. The molecule has 0 heterocycles. The van der Waals surface area contributed by atoms with Gasteiger partial charge in [0.15, 0.2) is 0 Å². The minimum atomic E-state index is -0.134. The van der Waals surface area contributed by atoms with Gasteiger partial charge >= 0.3 is 5.97 Å². The zero-order valence-corrected chi connectivity index (χ0v) is 15.4. The second kappa shape index (κ2) is 5.59. The summed E-state index contributed by atoms with van der Waals surface area (Å²) in [7, 11) is 1.54. The van der Waals surface area contributed by atoms with Crippen molar-refractivity contribution in [1.29, 1.82) is 0 Å². The zero-order chi connectivity index (χ0) is 17.1. The van der Waals surface area contributed by atoms with Crippen molar-refractivity contribution in [3.05, 3.63) is 11.6 Å². The van der Waals surface area contributed by atoms with E-state index in [2.05, 4.69) is 19.9 Å². The first-order valence-corrected chi connectivity index (χ1v) is 9.85. The molecular formula is C21H32O3. The summed E-state index contributed by atoms with van der Waals surface area (Å²) < 4.78 is 5.12. The molecular weight excluding hydrogens is 300 g/mol. The number of ether oxygens (including phenoxy) is 1. The summed E-state index contributed by atoms with van der Waals surface area (Å²) in [6.07, 6.45) is 11.0. The van der Waals surface area contributed by atoms with Crippen molar-refractivity contribution in [2.75, 3.05) is 7.11 Å². The second-order valence-electron chi connectivity index (χ2n) is 9.35. The number of carbonyl (C=O) groups excluding carboxylic acids is 1. The SMILES string of the molecule is COC(=O)[C@H]1CC[C@H]2[C@H]3CC=C4C[C@@H](O)CC[C@]4(C)[C@@H]3CC[C@@]12C. The van der Waals surface area contributed by atoms with Crippen LogP contribution >= 0.6 is 0 Å². The van der Waals surface area contributed by atoms with E-state index in [-0.39, 0.29) is 28.8 Å². The van der Waals surface area contributed by atoms with Gasteiger partial charge in [-0.05, 0) is 80.0 Å². The van der Waals surface area contributed by atoms with E-state index in [0.717, 1.165) is 44.4 Å². The predicted molar refractivity (Wildman–Crippen MR) is 93.2 cm³/mol. The third-order valence-corrected chi connectivity index (χ3v) is 8.56. The van der Waals surface area contributed by atoms with Gasteiger partial charge < -0.3 is 9.84 Å². The van der Waals surface area contributed by atoms with E-state index in [9.17, 15) is 9.90 Å². The van der Waals surface area contributed by atoms with Crippen molar-refractivity contribution in [2.45, 2.75) is 71.3 Å². The molecule has 4 aliphatic rings. The number of fused-ring (bicyclic) bond motifs is 5. The molecule has 0 bridgehead atoms. The first-order valence-electron chi connectivity index (χ1n) is 9.85. The van der Waals surface area contributed by atoms with Gasteiger partial charge in [0.25, 0.3) is 0 Å². The van der Waals surface area contributed by atoms with E-state index in [1.54, 1.807) is 0 Å². The van der Waals surface area contributed by atoms with E-state index in [1.807, 2.05) is 0 Å². The molecule has 0 unspecified atom stereocenters. The topological polar surface area (TPSA) is 46.5 Å². The molecule has 3 heteroatoms. The van der Waals surface area contributed by atoms with Crippen LogP contribution in [0, 0.1) is 34.5 Å². The number of allylic oxidation sites excluding steroid dienone is 1. The van der Waals surface area contributed by atoms with Crippen LogP contribution in [0.4, 0.5) is 0 Å². The Morgan fingerprint density at radius 3 is 2.71 bits per heavy atom. The maximum absolute atomic E-state index is 12.3. The van der Waals surface area contributed by atoms with E-state index < -0.39 is 0 Å². The predicted octanol–water partition coefficient (Wildman–Crippen LogP) is 4.10. The molecule has 0 saturated heterocycles. The molecule has 0 aromatic rings. The van der Waals surface area contributed by atoms with Crippen molar-refractivity contribution in [3.63, 3.8) is 0 Å². The third kappa shape index (κ3) is 2.16. The number of aliphatic hydroxyl groups is 1. The van der Waals surface area contributed by atoms with Crippen LogP contribution in [-0.4, -0.2) is 24.3 Å². The molecule has 3 nitrogen and oxygen atoms in total. The van der Waals surface area contributed by atoms with Crippen LogP contribution in [0.15, 0.2) is 11.6 Å². The van der Waals surface area contributed by atoms with Gasteiger partial charge in [-0.2, -0.15) is 0 Å². The molecule has 4 rings (SSSR count). The van der Waals surface area contributed by atoms with E-state index >= 15 is 0 Å². The highest BCUT2D eigenvalue weighted by atomic mass is 16.5. The molecule has 4 aliphatic carbocycles. The van der Waals surface area contributed by atoms with Gasteiger partial charge in [0.1, 0.15) is 0 Å². The molecule has 0 amide bonds. The minimum Gasteiger partial charge on any atom is -0.469 e. The van der Waals surface area contributed by atoms with Crippen molar-refractivity contribution >= 4 is 5.97 Å². The number of hydrogen-bond donors (Lipinski definition) is 1. The van der Waals surface area contributed by atoms with Crippen LogP contribution in [0.2, 0.25) is 0 Å². The van der Waals surface area contributed by atoms with E-state index in [0.29, 0.717) is 11.8 Å². The van der Waals surface area contributed by atoms with Gasteiger partial charge in [0, 0.05) is 0 Å². The molecule has 1 N–H and O–H groups in total. The molecule has 0 aliphatic heterocycles. The lowest BCUT2D eigenvalue weighted by atomic mass is 9.47. The molecule has 0 radical (unpaired) electrons. The number of carbonyl (C=O) groups is 1. The van der Waals surface area contributed by atoms with Crippen molar-refractivity contribution in [2.24, 2.45) is 34.5 Å². The highest BCUT2D eigenvalue weighted by Gasteiger charge is 2.60. The molecule has 0 aromatic heterocycles. The molecule has 3 fully saturated rings. The Morgan fingerprint density at radius 1 is 1.17 bits per heavy atom. The highest BCUT2D eigenvalue weighted by Crippen LogP contribution is 2.66. The first-order chi connectivity index (χ1) is 11.4. The van der Waals surface area contributed by atoms with Gasteiger partial charge in [-0.25, -0.2) is 0 Å². The maximum Gasteiger partial charge on any atom is 0.309 e. The number of rotatable bonds is 1. The summed E-state index contributed by atoms with van der Waals surface area (Å²) >= 11 is 0. The number of hydrogen-bond acceptors (Lipinski definition) is 3. The average Bonchev–Trinajstić information content (AvgIpc) is 2.92.